The normalized spacial score (nSPS) is 17.0. The summed E-state index contributed by atoms with van der Waals surface area (Å²) in [6, 6.07) is 3.98. The average Bonchev–Trinajstić information content (AvgIpc) is 2.43. The van der Waals surface area contributed by atoms with E-state index in [0.29, 0.717) is 6.42 Å². The van der Waals surface area contributed by atoms with Crippen LogP contribution in [0.1, 0.15) is 19.3 Å². The van der Waals surface area contributed by atoms with E-state index in [1.165, 1.54) is 0 Å². The van der Waals surface area contributed by atoms with Crippen LogP contribution >= 0.6 is 0 Å². The number of benzene rings is 1. The van der Waals surface area contributed by atoms with Gasteiger partial charge in [-0.3, -0.25) is 19.7 Å². The molecule has 8 nitrogen and oxygen atoms in total. The summed E-state index contributed by atoms with van der Waals surface area (Å²) < 4.78 is 28.6. The van der Waals surface area contributed by atoms with Gasteiger partial charge in [-0.1, -0.05) is 0 Å². The predicted octanol–water partition coefficient (Wildman–Crippen LogP) is 0.991. The molecule has 112 valence electrons. The maximum Gasteiger partial charge on any atom is 0.298 e. The second-order valence-electron chi connectivity index (χ2n) is 4.47. The smallest absolute Gasteiger partial charge is 0.296 e. The number of hydrogen-bond acceptors (Lipinski definition) is 7. The van der Waals surface area contributed by atoms with Crippen LogP contribution < -0.4 is 0 Å². The molecule has 21 heavy (non-hydrogen) atoms. The van der Waals surface area contributed by atoms with Gasteiger partial charge in [-0.05, 0) is 18.6 Å². The third-order valence-corrected chi connectivity index (χ3v) is 4.29. The molecule has 0 bridgehead atoms. The Morgan fingerprint density at radius 1 is 1.10 bits per heavy atom. The Morgan fingerprint density at radius 2 is 1.62 bits per heavy atom. The highest BCUT2D eigenvalue weighted by molar-refractivity contribution is 7.86. The van der Waals surface area contributed by atoms with Crippen LogP contribution in [0.15, 0.2) is 29.2 Å². The molecule has 9 heteroatoms. The molecule has 0 amide bonds. The summed E-state index contributed by atoms with van der Waals surface area (Å²) in [6.07, 6.45) is -1.05. The molecule has 0 heterocycles. The summed E-state index contributed by atoms with van der Waals surface area (Å²) in [5.41, 5.74) is -0.279. The summed E-state index contributed by atoms with van der Waals surface area (Å²) in [6.45, 7) is 0. The molecule has 0 unspecified atom stereocenters. The van der Waals surface area contributed by atoms with Crippen LogP contribution in [0.4, 0.5) is 5.69 Å². The fourth-order valence-corrected chi connectivity index (χ4v) is 2.95. The highest BCUT2D eigenvalue weighted by atomic mass is 32.2. The lowest BCUT2D eigenvalue weighted by molar-refractivity contribution is -0.384. The lowest BCUT2D eigenvalue weighted by Crippen LogP contribution is -2.38. The van der Waals surface area contributed by atoms with Crippen LogP contribution in [0.25, 0.3) is 0 Å². The minimum atomic E-state index is -4.33. The maximum atomic E-state index is 12.0. The summed E-state index contributed by atoms with van der Waals surface area (Å²) in [4.78, 5) is 32.6. The van der Waals surface area contributed by atoms with Gasteiger partial charge < -0.3 is 0 Å². The second kappa shape index (κ2) is 5.70. The zero-order valence-corrected chi connectivity index (χ0v) is 11.5. The van der Waals surface area contributed by atoms with Crippen molar-refractivity contribution in [2.75, 3.05) is 0 Å². The minimum Gasteiger partial charge on any atom is -0.296 e. The predicted molar refractivity (Wildman–Crippen MR) is 69.0 cm³/mol. The van der Waals surface area contributed by atoms with Crippen molar-refractivity contribution < 1.29 is 27.1 Å². The third-order valence-electron chi connectivity index (χ3n) is 2.99. The van der Waals surface area contributed by atoms with E-state index < -0.39 is 32.7 Å². The van der Waals surface area contributed by atoms with Crippen molar-refractivity contribution in [1.82, 2.24) is 0 Å². The molecule has 1 aromatic rings. The Bertz CT molecular complexity index is 677. The van der Waals surface area contributed by atoms with Gasteiger partial charge in [0, 0.05) is 25.0 Å². The maximum absolute atomic E-state index is 12.0. The van der Waals surface area contributed by atoms with Gasteiger partial charge in [0.2, 0.25) is 0 Å². The van der Waals surface area contributed by atoms with E-state index in [4.69, 9.17) is 4.18 Å². The first-order valence-corrected chi connectivity index (χ1v) is 7.45. The Balaban J connectivity index is 2.23. The van der Waals surface area contributed by atoms with Crippen LogP contribution in [-0.4, -0.2) is 31.0 Å². The van der Waals surface area contributed by atoms with Crippen molar-refractivity contribution in [2.24, 2.45) is 0 Å². The number of carbonyl (C=O) groups is 2. The second-order valence-corrected chi connectivity index (χ2v) is 6.04. The topological polar surface area (TPSA) is 121 Å². The molecular weight excluding hydrogens is 302 g/mol. The number of carbonyl (C=O) groups excluding carboxylic acids is 2. The first kappa shape index (κ1) is 15.3. The Morgan fingerprint density at radius 3 is 2.10 bits per heavy atom. The van der Waals surface area contributed by atoms with E-state index in [9.17, 15) is 28.1 Å². The van der Waals surface area contributed by atoms with Crippen molar-refractivity contribution in [3.63, 3.8) is 0 Å². The summed E-state index contributed by atoms with van der Waals surface area (Å²) in [7, 11) is -4.33. The van der Waals surface area contributed by atoms with Crippen LogP contribution in [0, 0.1) is 10.1 Å². The lowest BCUT2D eigenvalue weighted by atomic mass is 9.95. The van der Waals surface area contributed by atoms with Crippen LogP contribution in [-0.2, 0) is 23.9 Å². The molecule has 0 radical (unpaired) electrons. The largest absolute Gasteiger partial charge is 0.298 e. The third kappa shape index (κ3) is 3.31. The van der Waals surface area contributed by atoms with Gasteiger partial charge in [0.15, 0.2) is 17.7 Å². The van der Waals surface area contributed by atoms with Gasteiger partial charge in [-0.15, -0.1) is 0 Å². The number of nitro benzene ring substituents is 1. The Kier molecular flexibility index (Phi) is 4.14. The number of nitro groups is 1. The quantitative estimate of drug-likeness (QED) is 0.351. The monoisotopic (exact) mass is 313 g/mol. The van der Waals surface area contributed by atoms with Gasteiger partial charge in [0.1, 0.15) is 0 Å². The zero-order valence-electron chi connectivity index (χ0n) is 10.7. The fourth-order valence-electron chi connectivity index (χ4n) is 1.90. The van der Waals surface area contributed by atoms with Crippen molar-refractivity contribution >= 4 is 27.4 Å². The van der Waals surface area contributed by atoms with Gasteiger partial charge >= 0.3 is 0 Å². The zero-order chi connectivity index (χ0) is 15.6. The molecule has 2 rings (SSSR count). The van der Waals surface area contributed by atoms with E-state index in [1.807, 2.05) is 0 Å². The van der Waals surface area contributed by atoms with E-state index in [-0.39, 0.29) is 23.4 Å². The van der Waals surface area contributed by atoms with Crippen molar-refractivity contribution in [3.05, 3.63) is 34.4 Å². The molecule has 1 aromatic carbocycles. The average molecular weight is 313 g/mol. The lowest BCUT2D eigenvalue weighted by Gasteiger charge is -2.19. The number of non-ortho nitro benzene ring substituents is 1. The molecule has 1 aliphatic carbocycles. The van der Waals surface area contributed by atoms with E-state index in [0.717, 1.165) is 24.3 Å². The molecular formula is C12H11NO7S. The Labute approximate surface area is 120 Å². The molecule has 0 N–H and O–H groups in total. The summed E-state index contributed by atoms with van der Waals surface area (Å²) in [5.74, 6) is -1.14. The van der Waals surface area contributed by atoms with Gasteiger partial charge in [0.25, 0.3) is 15.8 Å². The van der Waals surface area contributed by atoms with E-state index >= 15 is 0 Å². The summed E-state index contributed by atoms with van der Waals surface area (Å²) in [5, 5.41) is 10.5. The number of hydrogen-bond donors (Lipinski definition) is 0. The first-order valence-electron chi connectivity index (χ1n) is 6.04. The van der Waals surface area contributed by atoms with Crippen molar-refractivity contribution in [2.45, 2.75) is 30.3 Å². The Hall–Kier alpha value is -2.13. The van der Waals surface area contributed by atoms with Crippen molar-refractivity contribution in [3.8, 4) is 0 Å². The van der Waals surface area contributed by atoms with Crippen molar-refractivity contribution in [1.29, 1.82) is 0 Å². The SMILES string of the molecule is O=C1CCCC(=O)C1OS(=O)(=O)c1ccc([N+](=O)[O-])cc1. The molecule has 0 spiro atoms. The molecule has 1 aliphatic rings. The van der Waals surface area contributed by atoms with E-state index in [1.54, 1.807) is 0 Å². The minimum absolute atomic E-state index is 0.0895. The highest BCUT2D eigenvalue weighted by Gasteiger charge is 2.35. The van der Waals surface area contributed by atoms with Gasteiger partial charge in [-0.25, -0.2) is 4.18 Å². The molecule has 1 fully saturated rings. The molecule has 0 atom stereocenters. The van der Waals surface area contributed by atoms with Gasteiger partial charge in [-0.2, -0.15) is 8.42 Å². The number of ketones is 2. The molecule has 0 aliphatic heterocycles. The van der Waals surface area contributed by atoms with Gasteiger partial charge in [0.05, 0.1) is 9.82 Å². The highest BCUT2D eigenvalue weighted by Crippen LogP contribution is 2.22. The van der Waals surface area contributed by atoms with E-state index in [2.05, 4.69) is 0 Å². The molecule has 1 saturated carbocycles. The van der Waals surface area contributed by atoms with Crippen LogP contribution in [0.2, 0.25) is 0 Å². The molecule has 0 saturated heterocycles. The first-order chi connectivity index (χ1) is 9.81. The van der Waals surface area contributed by atoms with Crippen LogP contribution in [0.5, 0.6) is 0 Å². The molecule has 0 aromatic heterocycles. The fraction of sp³-hybridized carbons (Fsp3) is 0.333. The standard InChI is InChI=1S/C12H11NO7S/c14-10-2-1-3-11(15)12(10)20-21(18,19)9-6-4-8(5-7-9)13(16)17/h4-7,12H,1-3H2. The summed E-state index contributed by atoms with van der Waals surface area (Å²) >= 11 is 0. The van der Waals surface area contributed by atoms with Crippen LogP contribution in [0.3, 0.4) is 0 Å². The number of rotatable bonds is 4. The number of Topliss-reactive ketones (excluding diaryl/α,β-unsaturated/α-hetero) is 2. The number of nitrogens with zero attached hydrogens (tertiary/aromatic N) is 1.